The lowest BCUT2D eigenvalue weighted by atomic mass is 10.3. The molecule has 0 aliphatic carbocycles. The molecule has 0 unspecified atom stereocenters. The van der Waals surface area contributed by atoms with E-state index in [1.807, 2.05) is 0 Å². The van der Waals surface area contributed by atoms with Crippen molar-refractivity contribution in [1.82, 2.24) is 0 Å². The molecule has 6 nitrogen and oxygen atoms in total. The number of methoxy groups -OCH3 is 2. The van der Waals surface area contributed by atoms with Gasteiger partial charge in [-0.15, -0.1) is 0 Å². The number of ether oxygens (including phenoxy) is 2. The lowest BCUT2D eigenvalue weighted by molar-refractivity contribution is 0.405. The molecule has 2 aromatic carbocycles. The topological polar surface area (TPSA) is 84.9 Å². The monoisotopic (exact) mass is 309 g/mol. The predicted octanol–water partition coefficient (Wildman–Crippen LogP) is 2.21. The van der Waals surface area contributed by atoms with Crippen molar-refractivity contribution in [3.05, 3.63) is 42.5 Å². The number of nitrogens with one attached hydrogen (secondary N) is 1. The third kappa shape index (κ3) is 3.19. The van der Waals surface area contributed by atoms with Gasteiger partial charge < -0.3 is 14.6 Å². The first-order valence-electron chi connectivity index (χ1n) is 6.01. The van der Waals surface area contributed by atoms with Gasteiger partial charge in [-0.1, -0.05) is 12.1 Å². The summed E-state index contributed by atoms with van der Waals surface area (Å²) in [6.07, 6.45) is 0. The van der Waals surface area contributed by atoms with E-state index >= 15 is 0 Å². The summed E-state index contributed by atoms with van der Waals surface area (Å²) in [5.74, 6) is 0.493. The van der Waals surface area contributed by atoms with E-state index in [-0.39, 0.29) is 16.3 Å². The van der Waals surface area contributed by atoms with Crippen LogP contribution < -0.4 is 14.2 Å². The fraction of sp³-hybridized carbons (Fsp3) is 0.143. The zero-order chi connectivity index (χ0) is 15.5. The van der Waals surface area contributed by atoms with E-state index in [0.29, 0.717) is 11.5 Å². The molecule has 0 atom stereocenters. The van der Waals surface area contributed by atoms with Crippen LogP contribution in [0.1, 0.15) is 0 Å². The van der Waals surface area contributed by atoms with Gasteiger partial charge >= 0.3 is 0 Å². The summed E-state index contributed by atoms with van der Waals surface area (Å²) in [6, 6.07) is 10.4. The quantitative estimate of drug-likeness (QED) is 0.884. The second kappa shape index (κ2) is 5.92. The Bertz CT molecular complexity index is 743. The van der Waals surface area contributed by atoms with Crippen molar-refractivity contribution in [2.75, 3.05) is 18.9 Å². The zero-order valence-corrected chi connectivity index (χ0v) is 12.3. The second-order valence-electron chi connectivity index (χ2n) is 4.14. The molecular formula is C14H15NO5S. The number of phenols is 1. The van der Waals surface area contributed by atoms with Crippen LogP contribution in [0.4, 0.5) is 5.69 Å². The second-order valence-corrected chi connectivity index (χ2v) is 5.79. The molecule has 0 bridgehead atoms. The van der Waals surface area contributed by atoms with E-state index in [2.05, 4.69) is 4.72 Å². The highest BCUT2D eigenvalue weighted by atomic mass is 32.2. The minimum atomic E-state index is -3.94. The van der Waals surface area contributed by atoms with Gasteiger partial charge in [0.15, 0.2) is 0 Å². The molecule has 2 N–H and O–H groups in total. The predicted molar refractivity (Wildman–Crippen MR) is 78.5 cm³/mol. The number of phenolic OH excluding ortho intramolecular Hbond substituents is 1. The summed E-state index contributed by atoms with van der Waals surface area (Å²) in [5, 5.41) is 9.68. The average molecular weight is 309 g/mol. The number of benzene rings is 2. The first-order chi connectivity index (χ1) is 9.97. The minimum Gasteiger partial charge on any atom is -0.507 e. The van der Waals surface area contributed by atoms with Crippen molar-refractivity contribution < 1.29 is 23.0 Å². The Morgan fingerprint density at radius 2 is 1.76 bits per heavy atom. The van der Waals surface area contributed by atoms with Crippen LogP contribution in [0.25, 0.3) is 0 Å². The Kier molecular flexibility index (Phi) is 4.23. The molecule has 0 heterocycles. The molecule has 0 radical (unpaired) electrons. The fourth-order valence-electron chi connectivity index (χ4n) is 1.78. The molecule has 0 aliphatic heterocycles. The smallest absolute Gasteiger partial charge is 0.265 e. The van der Waals surface area contributed by atoms with Crippen molar-refractivity contribution >= 4 is 15.7 Å². The van der Waals surface area contributed by atoms with Crippen LogP contribution in [0.3, 0.4) is 0 Å². The number of rotatable bonds is 5. The van der Waals surface area contributed by atoms with Crippen molar-refractivity contribution in [3.8, 4) is 17.2 Å². The third-order valence-corrected chi connectivity index (χ3v) is 4.22. The number of para-hydroxylation sites is 1. The van der Waals surface area contributed by atoms with Gasteiger partial charge in [-0.3, -0.25) is 4.72 Å². The summed E-state index contributed by atoms with van der Waals surface area (Å²) in [4.78, 5) is -0.213. The Balaban J connectivity index is 2.43. The Labute approximate surface area is 123 Å². The summed E-state index contributed by atoms with van der Waals surface area (Å²) in [6.45, 7) is 0. The molecular weight excluding hydrogens is 294 g/mol. The third-order valence-electron chi connectivity index (χ3n) is 2.81. The molecule has 0 fully saturated rings. The molecule has 112 valence electrons. The maximum absolute atomic E-state index is 12.3. The molecule has 0 spiro atoms. The molecule has 7 heteroatoms. The van der Waals surface area contributed by atoms with Crippen LogP contribution in [0.2, 0.25) is 0 Å². The Morgan fingerprint density at radius 3 is 2.38 bits per heavy atom. The summed E-state index contributed by atoms with van der Waals surface area (Å²) < 4.78 is 37.2. The van der Waals surface area contributed by atoms with Gasteiger partial charge in [0.1, 0.15) is 22.1 Å². The van der Waals surface area contributed by atoms with Crippen LogP contribution in [-0.2, 0) is 10.0 Å². The van der Waals surface area contributed by atoms with Crippen LogP contribution in [0, 0.1) is 0 Å². The highest BCUT2D eigenvalue weighted by Crippen LogP contribution is 2.32. The summed E-state index contributed by atoms with van der Waals surface area (Å²) >= 11 is 0. The van der Waals surface area contributed by atoms with Gasteiger partial charge in [0.2, 0.25) is 0 Å². The molecule has 2 aromatic rings. The highest BCUT2D eigenvalue weighted by molar-refractivity contribution is 7.92. The molecule has 0 aliphatic rings. The summed E-state index contributed by atoms with van der Waals surface area (Å²) in [5.41, 5.74) is 0.222. The molecule has 21 heavy (non-hydrogen) atoms. The SMILES string of the molecule is COc1ccc(OC)c(NS(=O)(=O)c2ccccc2O)c1. The number of aromatic hydroxyl groups is 1. The Morgan fingerprint density at radius 1 is 1.05 bits per heavy atom. The maximum atomic E-state index is 12.3. The number of sulfonamides is 1. The van der Waals surface area contributed by atoms with Gasteiger partial charge in [0.25, 0.3) is 10.0 Å². The van der Waals surface area contributed by atoms with E-state index in [4.69, 9.17) is 9.47 Å². The van der Waals surface area contributed by atoms with Crippen molar-refractivity contribution in [3.63, 3.8) is 0 Å². The van der Waals surface area contributed by atoms with Crippen molar-refractivity contribution in [2.45, 2.75) is 4.90 Å². The van der Waals surface area contributed by atoms with E-state index in [0.717, 1.165) is 0 Å². The van der Waals surface area contributed by atoms with E-state index in [9.17, 15) is 13.5 Å². The van der Waals surface area contributed by atoms with Gasteiger partial charge in [0, 0.05) is 6.07 Å². The van der Waals surface area contributed by atoms with Gasteiger partial charge in [-0.05, 0) is 24.3 Å². The van der Waals surface area contributed by atoms with Crippen LogP contribution >= 0.6 is 0 Å². The zero-order valence-electron chi connectivity index (χ0n) is 11.5. The highest BCUT2D eigenvalue weighted by Gasteiger charge is 2.20. The lowest BCUT2D eigenvalue weighted by Gasteiger charge is -2.13. The van der Waals surface area contributed by atoms with Crippen LogP contribution in [0.15, 0.2) is 47.4 Å². The first-order valence-corrected chi connectivity index (χ1v) is 7.49. The van der Waals surface area contributed by atoms with Crippen molar-refractivity contribution in [1.29, 1.82) is 0 Å². The molecule has 0 saturated carbocycles. The number of hydrogen-bond donors (Lipinski definition) is 2. The summed E-state index contributed by atoms with van der Waals surface area (Å²) in [7, 11) is -1.03. The Hall–Kier alpha value is -2.41. The molecule has 0 aromatic heterocycles. The molecule has 2 rings (SSSR count). The van der Waals surface area contributed by atoms with Crippen molar-refractivity contribution in [2.24, 2.45) is 0 Å². The normalized spacial score (nSPS) is 11.0. The standard InChI is InChI=1S/C14H15NO5S/c1-19-10-7-8-13(20-2)11(9-10)15-21(17,18)14-6-4-3-5-12(14)16/h3-9,15-16H,1-2H3. The van der Waals surface area contributed by atoms with E-state index in [1.165, 1.54) is 38.5 Å². The van der Waals surface area contributed by atoms with Crippen LogP contribution in [-0.4, -0.2) is 27.7 Å². The molecule has 0 saturated heterocycles. The number of anilines is 1. The maximum Gasteiger partial charge on any atom is 0.265 e. The first kappa shape index (κ1) is 15.0. The average Bonchev–Trinajstić information content (AvgIpc) is 2.47. The lowest BCUT2D eigenvalue weighted by Crippen LogP contribution is -2.13. The van der Waals surface area contributed by atoms with Gasteiger partial charge in [0.05, 0.1) is 19.9 Å². The van der Waals surface area contributed by atoms with Gasteiger partial charge in [-0.2, -0.15) is 0 Å². The van der Waals surface area contributed by atoms with Crippen LogP contribution in [0.5, 0.6) is 17.2 Å². The minimum absolute atomic E-state index is 0.213. The van der Waals surface area contributed by atoms with Gasteiger partial charge in [-0.25, -0.2) is 8.42 Å². The fourth-order valence-corrected chi connectivity index (χ4v) is 2.94. The largest absolute Gasteiger partial charge is 0.507 e. The van der Waals surface area contributed by atoms with E-state index < -0.39 is 10.0 Å². The number of hydrogen-bond acceptors (Lipinski definition) is 5. The van der Waals surface area contributed by atoms with E-state index in [1.54, 1.807) is 18.2 Å². The molecule has 0 amide bonds.